The van der Waals surface area contributed by atoms with Crippen LogP contribution in [0, 0.1) is 0 Å². The summed E-state index contributed by atoms with van der Waals surface area (Å²) in [5, 5.41) is 8.01. The smallest absolute Gasteiger partial charge is 0.246 e. The van der Waals surface area contributed by atoms with Gasteiger partial charge >= 0.3 is 0 Å². The van der Waals surface area contributed by atoms with Crippen molar-refractivity contribution in [2.45, 2.75) is 19.0 Å². The molecule has 9 nitrogen and oxygen atoms in total. The first-order valence-corrected chi connectivity index (χ1v) is 12.1. The average molecular weight is 477 g/mol. The monoisotopic (exact) mass is 476 g/mol. The van der Waals surface area contributed by atoms with E-state index in [2.05, 4.69) is 32.4 Å². The van der Waals surface area contributed by atoms with Crippen LogP contribution >= 0.6 is 0 Å². The zero-order valence-electron chi connectivity index (χ0n) is 20.1. The molecule has 3 aromatic rings. The minimum absolute atomic E-state index is 0.0382. The topological polar surface area (TPSA) is 84.2 Å². The van der Waals surface area contributed by atoms with Gasteiger partial charge in [-0.2, -0.15) is 5.10 Å². The van der Waals surface area contributed by atoms with E-state index in [1.807, 2.05) is 39.9 Å². The molecule has 1 atom stereocenters. The molecule has 0 radical (unpaired) electrons. The van der Waals surface area contributed by atoms with E-state index in [0.29, 0.717) is 19.7 Å². The average Bonchev–Trinajstić information content (AvgIpc) is 3.28. The van der Waals surface area contributed by atoms with Gasteiger partial charge in [-0.1, -0.05) is 36.4 Å². The molecule has 0 spiro atoms. The van der Waals surface area contributed by atoms with Crippen molar-refractivity contribution in [2.75, 3.05) is 58.4 Å². The SMILES string of the molecule is COC[C@@H](Nc1ncnn2cc3c(c12)CCN(C(=O)/C=C/CN1CCOCC1)C3)c1ccccc1. The second kappa shape index (κ2) is 11.0. The number of morpholine rings is 1. The number of rotatable bonds is 8. The predicted molar refractivity (Wildman–Crippen MR) is 133 cm³/mol. The fraction of sp³-hybridized carbons (Fsp3) is 0.423. The normalized spacial score (nSPS) is 17.6. The van der Waals surface area contributed by atoms with E-state index in [1.54, 1.807) is 19.5 Å². The van der Waals surface area contributed by atoms with Gasteiger partial charge in [0.1, 0.15) is 11.8 Å². The number of hydrogen-bond acceptors (Lipinski definition) is 7. The lowest BCUT2D eigenvalue weighted by Crippen LogP contribution is -2.37. The first kappa shape index (κ1) is 23.5. The molecule has 0 unspecified atom stereocenters. The summed E-state index contributed by atoms with van der Waals surface area (Å²) in [5.41, 5.74) is 4.40. The summed E-state index contributed by atoms with van der Waals surface area (Å²) in [6, 6.07) is 10.2. The minimum atomic E-state index is -0.0382. The van der Waals surface area contributed by atoms with Gasteiger partial charge in [-0.25, -0.2) is 9.50 Å². The Morgan fingerprint density at radius 1 is 1.23 bits per heavy atom. The maximum Gasteiger partial charge on any atom is 0.246 e. The minimum Gasteiger partial charge on any atom is -0.382 e. The molecule has 35 heavy (non-hydrogen) atoms. The van der Waals surface area contributed by atoms with E-state index >= 15 is 0 Å². The van der Waals surface area contributed by atoms with E-state index in [-0.39, 0.29) is 11.9 Å². The third-order valence-corrected chi connectivity index (χ3v) is 6.65. The number of carbonyl (C=O) groups excluding carboxylic acids is 1. The second-order valence-corrected chi connectivity index (χ2v) is 8.92. The number of amides is 1. The summed E-state index contributed by atoms with van der Waals surface area (Å²) in [5.74, 6) is 0.824. The molecule has 1 saturated heterocycles. The number of benzene rings is 1. The van der Waals surface area contributed by atoms with Crippen molar-refractivity contribution in [2.24, 2.45) is 0 Å². The highest BCUT2D eigenvalue weighted by Gasteiger charge is 2.25. The number of fused-ring (bicyclic) bond motifs is 3. The zero-order chi connectivity index (χ0) is 24.0. The molecule has 0 aliphatic carbocycles. The molecule has 1 aromatic carbocycles. The highest BCUT2D eigenvalue weighted by molar-refractivity contribution is 5.88. The number of carbonyl (C=O) groups is 1. The van der Waals surface area contributed by atoms with Crippen LogP contribution < -0.4 is 5.32 Å². The molecular formula is C26H32N6O3. The van der Waals surface area contributed by atoms with Crippen molar-refractivity contribution in [3.8, 4) is 0 Å². The summed E-state index contributed by atoms with van der Waals surface area (Å²) < 4.78 is 12.7. The largest absolute Gasteiger partial charge is 0.382 e. The Labute approximate surface area is 205 Å². The molecule has 9 heteroatoms. The number of hydrogen-bond donors (Lipinski definition) is 1. The Morgan fingerprint density at radius 2 is 2.06 bits per heavy atom. The van der Waals surface area contributed by atoms with Gasteiger partial charge in [0.2, 0.25) is 5.91 Å². The summed E-state index contributed by atoms with van der Waals surface area (Å²) in [6.07, 6.45) is 8.01. The lowest BCUT2D eigenvalue weighted by molar-refractivity contribution is -0.126. The Hall–Kier alpha value is -3.27. The van der Waals surface area contributed by atoms with Gasteiger partial charge in [0, 0.05) is 52.1 Å². The summed E-state index contributed by atoms with van der Waals surface area (Å²) in [4.78, 5) is 21.6. The Bertz CT molecular complexity index is 1170. The molecule has 1 fully saturated rings. The standard InChI is InChI=1S/C26H32N6O3/c1-34-18-23(20-6-3-2-4-7-20)29-26-25-22-9-11-31(16-21(22)17-32(25)28-19-27-26)24(33)8-5-10-30-12-14-35-15-13-30/h2-8,17,19,23H,9-16,18H2,1H3,(H,27,28,29)/b8-5+/t23-/m1/s1. The van der Waals surface area contributed by atoms with Crippen molar-refractivity contribution in [3.05, 3.63) is 71.7 Å². The van der Waals surface area contributed by atoms with E-state index < -0.39 is 0 Å². The number of methoxy groups -OCH3 is 1. The van der Waals surface area contributed by atoms with E-state index in [1.165, 1.54) is 5.56 Å². The van der Waals surface area contributed by atoms with Gasteiger partial charge in [-0.15, -0.1) is 0 Å². The lowest BCUT2D eigenvalue weighted by Gasteiger charge is -2.27. The molecule has 0 saturated carbocycles. The molecule has 2 aromatic heterocycles. The van der Waals surface area contributed by atoms with Crippen LogP contribution in [0.3, 0.4) is 0 Å². The van der Waals surface area contributed by atoms with E-state index in [4.69, 9.17) is 9.47 Å². The highest BCUT2D eigenvalue weighted by Crippen LogP contribution is 2.30. The van der Waals surface area contributed by atoms with Crippen molar-refractivity contribution in [1.82, 2.24) is 24.4 Å². The Balaban J connectivity index is 1.31. The van der Waals surface area contributed by atoms with Gasteiger partial charge in [-0.05, 0) is 23.1 Å². The molecular weight excluding hydrogens is 444 g/mol. The van der Waals surface area contributed by atoms with Crippen LogP contribution in [0.25, 0.3) is 5.52 Å². The fourth-order valence-corrected chi connectivity index (χ4v) is 4.79. The van der Waals surface area contributed by atoms with Gasteiger partial charge in [-0.3, -0.25) is 9.69 Å². The Kier molecular flexibility index (Phi) is 7.37. The first-order chi connectivity index (χ1) is 17.2. The maximum atomic E-state index is 12.8. The molecule has 0 bridgehead atoms. The van der Waals surface area contributed by atoms with Crippen LogP contribution in [-0.4, -0.2) is 83.4 Å². The molecule has 5 rings (SSSR count). The lowest BCUT2D eigenvalue weighted by atomic mass is 10.0. The first-order valence-electron chi connectivity index (χ1n) is 12.1. The molecule has 184 valence electrons. The number of ether oxygens (including phenoxy) is 2. The van der Waals surface area contributed by atoms with Crippen molar-refractivity contribution < 1.29 is 14.3 Å². The number of nitrogens with zero attached hydrogens (tertiary/aromatic N) is 5. The van der Waals surface area contributed by atoms with E-state index in [0.717, 1.165) is 61.7 Å². The van der Waals surface area contributed by atoms with E-state index in [9.17, 15) is 4.79 Å². The van der Waals surface area contributed by atoms with Crippen LogP contribution in [0.15, 0.2) is 55.0 Å². The van der Waals surface area contributed by atoms with Gasteiger partial charge < -0.3 is 19.7 Å². The maximum absolute atomic E-state index is 12.8. The number of anilines is 1. The molecule has 4 heterocycles. The van der Waals surface area contributed by atoms with Crippen molar-refractivity contribution in [3.63, 3.8) is 0 Å². The third-order valence-electron chi connectivity index (χ3n) is 6.65. The quantitative estimate of drug-likeness (QED) is 0.500. The van der Waals surface area contributed by atoms with Crippen LogP contribution in [0.2, 0.25) is 0 Å². The van der Waals surface area contributed by atoms with Crippen molar-refractivity contribution in [1.29, 1.82) is 0 Å². The Morgan fingerprint density at radius 3 is 2.86 bits per heavy atom. The number of nitrogens with one attached hydrogen (secondary N) is 1. The van der Waals surface area contributed by atoms with Crippen LogP contribution in [0.1, 0.15) is 22.7 Å². The summed E-state index contributed by atoms with van der Waals surface area (Å²) in [7, 11) is 1.70. The molecule has 2 aliphatic heterocycles. The second-order valence-electron chi connectivity index (χ2n) is 8.92. The predicted octanol–water partition coefficient (Wildman–Crippen LogP) is 2.30. The zero-order valence-corrected chi connectivity index (χ0v) is 20.1. The van der Waals surface area contributed by atoms with Gasteiger partial charge in [0.05, 0.1) is 25.9 Å². The third kappa shape index (κ3) is 5.37. The molecule has 1 N–H and O–H groups in total. The van der Waals surface area contributed by atoms with Crippen LogP contribution in [0.5, 0.6) is 0 Å². The van der Waals surface area contributed by atoms with Gasteiger partial charge in [0.25, 0.3) is 0 Å². The fourth-order valence-electron chi connectivity index (χ4n) is 4.79. The number of aromatic nitrogens is 3. The van der Waals surface area contributed by atoms with Crippen LogP contribution in [-0.2, 0) is 27.2 Å². The highest BCUT2D eigenvalue weighted by atomic mass is 16.5. The van der Waals surface area contributed by atoms with Gasteiger partial charge in [0.15, 0.2) is 5.82 Å². The molecule has 2 aliphatic rings. The summed E-state index contributed by atoms with van der Waals surface area (Å²) in [6.45, 7) is 5.88. The van der Waals surface area contributed by atoms with Crippen molar-refractivity contribution >= 4 is 17.2 Å². The molecule has 1 amide bonds. The van der Waals surface area contributed by atoms with Crippen LogP contribution in [0.4, 0.5) is 5.82 Å². The summed E-state index contributed by atoms with van der Waals surface area (Å²) >= 11 is 0.